The lowest BCUT2D eigenvalue weighted by Gasteiger charge is -2.06. The number of anilines is 1. The van der Waals surface area contributed by atoms with Crippen LogP contribution in [-0.2, 0) is 11.2 Å². The van der Waals surface area contributed by atoms with Crippen molar-refractivity contribution in [3.8, 4) is 0 Å². The first-order valence-electron chi connectivity index (χ1n) is 5.79. The maximum atomic E-state index is 11.3. The summed E-state index contributed by atoms with van der Waals surface area (Å²) in [5.41, 5.74) is -0.143. The van der Waals surface area contributed by atoms with Crippen LogP contribution in [0.3, 0.4) is 0 Å². The number of aromatic amines is 1. The van der Waals surface area contributed by atoms with E-state index >= 15 is 0 Å². The molecule has 0 aliphatic rings. The number of hydrogen-bond acceptors (Lipinski definition) is 5. The maximum Gasteiger partial charge on any atom is 0.252 e. The van der Waals surface area contributed by atoms with Crippen LogP contribution in [0.5, 0.6) is 0 Å². The summed E-state index contributed by atoms with van der Waals surface area (Å²) in [6.45, 7) is 3.61. The lowest BCUT2D eigenvalue weighted by Crippen LogP contribution is -2.14. The highest BCUT2D eigenvalue weighted by atomic mass is 16.5. The van der Waals surface area contributed by atoms with Crippen LogP contribution in [-0.4, -0.2) is 41.4 Å². The van der Waals surface area contributed by atoms with Gasteiger partial charge in [0.2, 0.25) is 0 Å². The SMILES string of the molecule is CCc1nc(NCCCOCCO)cc(=O)[nH]1. The van der Waals surface area contributed by atoms with Crippen molar-refractivity contribution < 1.29 is 9.84 Å². The average molecular weight is 241 g/mol. The van der Waals surface area contributed by atoms with E-state index in [1.54, 1.807) is 0 Å². The number of nitrogens with one attached hydrogen (secondary N) is 2. The van der Waals surface area contributed by atoms with Gasteiger partial charge in [-0.15, -0.1) is 0 Å². The van der Waals surface area contributed by atoms with Crippen LogP contribution >= 0.6 is 0 Å². The number of H-pyrrole nitrogens is 1. The van der Waals surface area contributed by atoms with Gasteiger partial charge in [-0.2, -0.15) is 0 Å². The lowest BCUT2D eigenvalue weighted by atomic mass is 10.4. The molecular weight excluding hydrogens is 222 g/mol. The zero-order valence-corrected chi connectivity index (χ0v) is 10.0. The number of hydrogen-bond donors (Lipinski definition) is 3. The van der Waals surface area contributed by atoms with Crippen LogP contribution in [0.15, 0.2) is 10.9 Å². The van der Waals surface area contributed by atoms with E-state index in [1.165, 1.54) is 6.07 Å². The highest BCUT2D eigenvalue weighted by Gasteiger charge is 1.98. The Bertz CT molecular complexity index is 378. The van der Waals surface area contributed by atoms with E-state index in [9.17, 15) is 4.79 Å². The molecule has 0 atom stereocenters. The van der Waals surface area contributed by atoms with Gasteiger partial charge >= 0.3 is 0 Å². The van der Waals surface area contributed by atoms with Gasteiger partial charge in [0.05, 0.1) is 13.2 Å². The van der Waals surface area contributed by atoms with Gasteiger partial charge in [0.25, 0.3) is 5.56 Å². The topological polar surface area (TPSA) is 87.2 Å². The number of aliphatic hydroxyl groups is 1. The third kappa shape index (κ3) is 5.46. The Labute approximate surface area is 100 Å². The van der Waals surface area contributed by atoms with Crippen molar-refractivity contribution in [3.63, 3.8) is 0 Å². The number of aliphatic hydroxyl groups excluding tert-OH is 1. The van der Waals surface area contributed by atoms with E-state index in [2.05, 4.69) is 15.3 Å². The third-order valence-corrected chi connectivity index (χ3v) is 2.13. The molecule has 1 aromatic rings. The minimum atomic E-state index is -0.143. The molecule has 1 rings (SSSR count). The lowest BCUT2D eigenvalue weighted by molar-refractivity contribution is 0.0922. The molecule has 6 heteroatoms. The fourth-order valence-corrected chi connectivity index (χ4v) is 1.32. The minimum Gasteiger partial charge on any atom is -0.394 e. The van der Waals surface area contributed by atoms with Crippen LogP contribution in [0.4, 0.5) is 5.82 Å². The average Bonchev–Trinajstić information content (AvgIpc) is 2.33. The van der Waals surface area contributed by atoms with Crippen LogP contribution < -0.4 is 10.9 Å². The number of nitrogens with zero attached hydrogens (tertiary/aromatic N) is 1. The van der Waals surface area contributed by atoms with Gasteiger partial charge in [-0.25, -0.2) is 4.98 Å². The number of rotatable bonds is 8. The summed E-state index contributed by atoms with van der Waals surface area (Å²) in [5, 5.41) is 11.6. The molecule has 0 fully saturated rings. The molecule has 0 aliphatic carbocycles. The Morgan fingerprint density at radius 3 is 3.06 bits per heavy atom. The van der Waals surface area contributed by atoms with Crippen molar-refractivity contribution in [1.82, 2.24) is 9.97 Å². The minimum absolute atomic E-state index is 0.0445. The van der Waals surface area contributed by atoms with Crippen LogP contribution in [0.2, 0.25) is 0 Å². The monoisotopic (exact) mass is 241 g/mol. The second-order valence-corrected chi connectivity index (χ2v) is 3.55. The number of ether oxygens (including phenoxy) is 1. The van der Waals surface area contributed by atoms with Crippen LogP contribution in [0.1, 0.15) is 19.2 Å². The highest BCUT2D eigenvalue weighted by molar-refractivity contribution is 5.32. The summed E-state index contributed by atoms with van der Waals surface area (Å²) in [5.74, 6) is 1.27. The molecule has 0 saturated heterocycles. The zero-order valence-electron chi connectivity index (χ0n) is 10.0. The molecule has 0 aromatic carbocycles. The van der Waals surface area contributed by atoms with Crippen molar-refractivity contribution >= 4 is 5.82 Å². The van der Waals surface area contributed by atoms with Gasteiger partial charge in [-0.05, 0) is 6.42 Å². The molecule has 0 unspecified atom stereocenters. The summed E-state index contributed by atoms with van der Waals surface area (Å²) in [6, 6.07) is 1.44. The fraction of sp³-hybridized carbons (Fsp3) is 0.636. The second kappa shape index (κ2) is 7.81. The molecule has 0 spiro atoms. The Kier molecular flexibility index (Phi) is 6.27. The molecule has 0 aliphatic heterocycles. The molecule has 3 N–H and O–H groups in total. The third-order valence-electron chi connectivity index (χ3n) is 2.13. The first kappa shape index (κ1) is 13.7. The van der Waals surface area contributed by atoms with Gasteiger partial charge in [-0.1, -0.05) is 6.92 Å². The zero-order chi connectivity index (χ0) is 12.5. The van der Waals surface area contributed by atoms with Gasteiger partial charge in [0, 0.05) is 25.6 Å². The van der Waals surface area contributed by atoms with E-state index in [1.807, 2.05) is 6.92 Å². The molecule has 0 saturated carbocycles. The standard InChI is InChI=1S/C11H19N3O3/c1-2-9-13-10(8-11(16)14-9)12-4-3-6-17-7-5-15/h8,15H,2-7H2,1H3,(H2,12,13,14,16). The van der Waals surface area contributed by atoms with E-state index in [0.29, 0.717) is 37.8 Å². The van der Waals surface area contributed by atoms with Crippen molar-refractivity contribution in [3.05, 3.63) is 22.2 Å². The first-order chi connectivity index (χ1) is 8.26. The Balaban J connectivity index is 2.31. The molecule has 0 amide bonds. The van der Waals surface area contributed by atoms with Crippen LogP contribution in [0.25, 0.3) is 0 Å². The largest absolute Gasteiger partial charge is 0.394 e. The predicted octanol–water partition coefficient (Wildman–Crippen LogP) is 0.143. The van der Waals surface area contributed by atoms with Gasteiger partial charge < -0.3 is 20.1 Å². The van der Waals surface area contributed by atoms with E-state index in [-0.39, 0.29) is 12.2 Å². The fourth-order valence-electron chi connectivity index (χ4n) is 1.32. The van der Waals surface area contributed by atoms with Crippen LogP contribution in [0, 0.1) is 0 Å². The van der Waals surface area contributed by atoms with Crippen molar-refractivity contribution in [2.24, 2.45) is 0 Å². The quantitative estimate of drug-likeness (QED) is 0.564. The molecular formula is C11H19N3O3. The van der Waals surface area contributed by atoms with E-state index < -0.39 is 0 Å². The van der Waals surface area contributed by atoms with Crippen molar-refractivity contribution in [2.45, 2.75) is 19.8 Å². The van der Waals surface area contributed by atoms with Gasteiger partial charge in [0.1, 0.15) is 11.6 Å². The summed E-state index contributed by atoms with van der Waals surface area (Å²) < 4.78 is 5.11. The molecule has 1 heterocycles. The van der Waals surface area contributed by atoms with Crippen molar-refractivity contribution in [2.75, 3.05) is 31.7 Å². The molecule has 0 radical (unpaired) electrons. The van der Waals surface area contributed by atoms with E-state index in [4.69, 9.17) is 9.84 Å². The Morgan fingerprint density at radius 1 is 1.53 bits per heavy atom. The number of aromatic nitrogens is 2. The number of aryl methyl sites for hydroxylation is 1. The molecule has 6 nitrogen and oxygen atoms in total. The summed E-state index contributed by atoms with van der Waals surface area (Å²) in [6.07, 6.45) is 1.50. The summed E-state index contributed by atoms with van der Waals surface area (Å²) >= 11 is 0. The second-order valence-electron chi connectivity index (χ2n) is 3.55. The molecule has 17 heavy (non-hydrogen) atoms. The first-order valence-corrected chi connectivity index (χ1v) is 5.79. The normalized spacial score (nSPS) is 10.5. The predicted molar refractivity (Wildman–Crippen MR) is 65.2 cm³/mol. The summed E-state index contributed by atoms with van der Waals surface area (Å²) in [7, 11) is 0. The summed E-state index contributed by atoms with van der Waals surface area (Å²) in [4.78, 5) is 18.2. The smallest absolute Gasteiger partial charge is 0.252 e. The highest BCUT2D eigenvalue weighted by Crippen LogP contribution is 1.99. The molecule has 1 aromatic heterocycles. The Morgan fingerprint density at radius 2 is 2.35 bits per heavy atom. The molecule has 0 bridgehead atoms. The molecule has 96 valence electrons. The maximum absolute atomic E-state index is 11.3. The van der Waals surface area contributed by atoms with Crippen molar-refractivity contribution in [1.29, 1.82) is 0 Å². The van der Waals surface area contributed by atoms with E-state index in [0.717, 1.165) is 6.42 Å². The van der Waals surface area contributed by atoms with Gasteiger partial charge in [-0.3, -0.25) is 4.79 Å². The van der Waals surface area contributed by atoms with Gasteiger partial charge in [0.15, 0.2) is 0 Å². The Hall–Kier alpha value is -1.40.